The van der Waals surface area contributed by atoms with Crippen LogP contribution in [0.15, 0.2) is 30.3 Å². The molecular weight excluding hydrogens is 288 g/mol. The molecule has 122 valence electrons. The Balaban J connectivity index is 1.54. The normalized spacial score (nSPS) is 13.2. The van der Waals surface area contributed by atoms with Gasteiger partial charge in [-0.25, -0.2) is 0 Å². The molecule has 3 rings (SSSR count). The molecule has 1 aromatic carbocycles. The van der Waals surface area contributed by atoms with Crippen LogP contribution in [0, 0.1) is 0 Å². The summed E-state index contributed by atoms with van der Waals surface area (Å²) in [5.41, 5.74) is 4.31. The molecule has 0 fully saturated rings. The first-order valence-corrected chi connectivity index (χ1v) is 8.33. The molecule has 5 nitrogen and oxygen atoms in total. The average molecular weight is 312 g/mol. The van der Waals surface area contributed by atoms with E-state index in [1.165, 1.54) is 11.3 Å². The predicted molar refractivity (Wildman–Crippen MR) is 91.9 cm³/mol. The monoisotopic (exact) mass is 312 g/mol. The number of hydrogen-bond donors (Lipinski definition) is 1. The van der Waals surface area contributed by atoms with Crippen LogP contribution in [0.1, 0.15) is 35.1 Å². The molecule has 0 unspecified atom stereocenters. The van der Waals surface area contributed by atoms with Gasteiger partial charge in [-0.05, 0) is 30.5 Å². The van der Waals surface area contributed by atoms with Crippen LogP contribution in [0.4, 0.5) is 5.69 Å². The molecule has 0 aliphatic carbocycles. The molecule has 0 saturated heterocycles. The van der Waals surface area contributed by atoms with Crippen molar-refractivity contribution in [2.75, 3.05) is 24.5 Å². The molecule has 0 atom stereocenters. The lowest BCUT2D eigenvalue weighted by Crippen LogP contribution is -2.34. The van der Waals surface area contributed by atoms with E-state index in [4.69, 9.17) is 0 Å². The average Bonchev–Trinajstić information content (AvgIpc) is 3.12. The zero-order valence-electron chi connectivity index (χ0n) is 13.9. The van der Waals surface area contributed by atoms with E-state index >= 15 is 0 Å². The minimum absolute atomic E-state index is 0.0464. The highest BCUT2D eigenvalue weighted by atomic mass is 16.2. The highest BCUT2D eigenvalue weighted by Gasteiger charge is 2.18. The summed E-state index contributed by atoms with van der Waals surface area (Å²) in [4.78, 5) is 14.6. The number of nitrogens with one attached hydrogen (secondary N) is 1. The number of hydrogen-bond acceptors (Lipinski definition) is 3. The number of anilines is 1. The number of carbonyl (C=O) groups excluding carboxylic acids is 1. The molecule has 2 heterocycles. The Labute approximate surface area is 137 Å². The maximum atomic E-state index is 12.3. The van der Waals surface area contributed by atoms with Gasteiger partial charge in [0.2, 0.25) is 0 Å². The Kier molecular flexibility index (Phi) is 4.65. The molecule has 2 aromatic rings. The van der Waals surface area contributed by atoms with Crippen LogP contribution in [0.25, 0.3) is 0 Å². The summed E-state index contributed by atoms with van der Waals surface area (Å²) in [7, 11) is 1.82. The van der Waals surface area contributed by atoms with Gasteiger partial charge in [0.05, 0.1) is 5.69 Å². The van der Waals surface area contributed by atoms with Crippen molar-refractivity contribution in [1.82, 2.24) is 15.1 Å². The smallest absolute Gasteiger partial charge is 0.269 e. The maximum absolute atomic E-state index is 12.3. The lowest BCUT2D eigenvalue weighted by atomic mass is 10.2. The highest BCUT2D eigenvalue weighted by molar-refractivity contribution is 5.92. The Hall–Kier alpha value is -2.30. The molecule has 1 aliphatic rings. The molecule has 0 bridgehead atoms. The van der Waals surface area contributed by atoms with E-state index in [1.54, 1.807) is 4.68 Å². The van der Waals surface area contributed by atoms with Crippen LogP contribution in [0.5, 0.6) is 0 Å². The summed E-state index contributed by atoms with van der Waals surface area (Å²) in [6, 6.07) is 10.4. The predicted octanol–water partition coefficient (Wildman–Crippen LogP) is 2.17. The summed E-state index contributed by atoms with van der Waals surface area (Å²) in [6.45, 7) is 4.62. The SMILES string of the molecule is CCCc1cc(C(=O)NCCN2CCc3ccccc32)n(C)n1. The molecular formula is C18H24N4O. The highest BCUT2D eigenvalue weighted by Crippen LogP contribution is 2.26. The van der Waals surface area contributed by atoms with E-state index in [9.17, 15) is 4.79 Å². The Morgan fingerprint density at radius 1 is 1.35 bits per heavy atom. The number of aryl methyl sites for hydroxylation is 2. The van der Waals surface area contributed by atoms with Gasteiger partial charge in [-0.3, -0.25) is 9.48 Å². The van der Waals surface area contributed by atoms with Crippen LogP contribution in [-0.2, 0) is 19.9 Å². The van der Waals surface area contributed by atoms with Crippen molar-refractivity contribution in [3.63, 3.8) is 0 Å². The lowest BCUT2D eigenvalue weighted by Gasteiger charge is -2.19. The van der Waals surface area contributed by atoms with Crippen molar-refractivity contribution in [2.24, 2.45) is 7.05 Å². The lowest BCUT2D eigenvalue weighted by molar-refractivity contribution is 0.0945. The number of rotatable bonds is 6. The Morgan fingerprint density at radius 3 is 3.00 bits per heavy atom. The number of nitrogens with zero attached hydrogens (tertiary/aromatic N) is 3. The molecule has 0 saturated carbocycles. The standard InChI is InChI=1S/C18H24N4O/c1-3-6-15-13-17(21(2)20-15)18(23)19-10-12-22-11-9-14-7-4-5-8-16(14)22/h4-5,7-8,13H,3,6,9-12H2,1-2H3,(H,19,23). The summed E-state index contributed by atoms with van der Waals surface area (Å²) in [5, 5.41) is 7.39. The second-order valence-electron chi connectivity index (χ2n) is 6.02. The fourth-order valence-electron chi connectivity index (χ4n) is 3.15. The van der Waals surface area contributed by atoms with Gasteiger partial charge in [-0.15, -0.1) is 0 Å². The van der Waals surface area contributed by atoms with Crippen molar-refractivity contribution in [3.8, 4) is 0 Å². The van der Waals surface area contributed by atoms with Gasteiger partial charge in [0.15, 0.2) is 0 Å². The van der Waals surface area contributed by atoms with Crippen molar-refractivity contribution in [1.29, 1.82) is 0 Å². The van der Waals surface area contributed by atoms with E-state index in [0.717, 1.165) is 38.0 Å². The van der Waals surface area contributed by atoms with E-state index in [0.29, 0.717) is 12.2 Å². The number of aromatic nitrogens is 2. The number of amides is 1. The van der Waals surface area contributed by atoms with E-state index in [1.807, 2.05) is 13.1 Å². The number of carbonyl (C=O) groups is 1. The van der Waals surface area contributed by atoms with Crippen LogP contribution < -0.4 is 10.2 Å². The molecule has 1 N–H and O–H groups in total. The first-order valence-electron chi connectivity index (χ1n) is 8.33. The van der Waals surface area contributed by atoms with Crippen LogP contribution >= 0.6 is 0 Å². The molecule has 0 radical (unpaired) electrons. The fraction of sp³-hybridized carbons (Fsp3) is 0.444. The maximum Gasteiger partial charge on any atom is 0.269 e. The van der Waals surface area contributed by atoms with Gasteiger partial charge in [-0.2, -0.15) is 5.10 Å². The molecule has 23 heavy (non-hydrogen) atoms. The molecule has 1 aromatic heterocycles. The summed E-state index contributed by atoms with van der Waals surface area (Å²) < 4.78 is 1.67. The van der Waals surface area contributed by atoms with Crippen molar-refractivity contribution in [2.45, 2.75) is 26.2 Å². The summed E-state index contributed by atoms with van der Waals surface area (Å²) >= 11 is 0. The van der Waals surface area contributed by atoms with Crippen molar-refractivity contribution in [3.05, 3.63) is 47.3 Å². The largest absolute Gasteiger partial charge is 0.369 e. The minimum atomic E-state index is -0.0464. The van der Waals surface area contributed by atoms with Crippen molar-refractivity contribution < 1.29 is 4.79 Å². The van der Waals surface area contributed by atoms with Crippen LogP contribution in [0.2, 0.25) is 0 Å². The third-order valence-corrected chi connectivity index (χ3v) is 4.32. The van der Waals surface area contributed by atoms with Crippen molar-refractivity contribution >= 4 is 11.6 Å². The topological polar surface area (TPSA) is 50.2 Å². The first-order chi connectivity index (χ1) is 11.2. The fourth-order valence-corrected chi connectivity index (χ4v) is 3.15. The second kappa shape index (κ2) is 6.86. The third kappa shape index (κ3) is 3.38. The van der Waals surface area contributed by atoms with Crippen LogP contribution in [0.3, 0.4) is 0 Å². The van der Waals surface area contributed by atoms with E-state index in [-0.39, 0.29) is 5.91 Å². The summed E-state index contributed by atoms with van der Waals surface area (Å²) in [6.07, 6.45) is 3.03. The number of para-hydroxylation sites is 1. The Bertz CT molecular complexity index is 692. The molecule has 1 amide bonds. The van der Waals surface area contributed by atoms with E-state index < -0.39 is 0 Å². The van der Waals surface area contributed by atoms with Gasteiger partial charge >= 0.3 is 0 Å². The molecule has 0 spiro atoms. The minimum Gasteiger partial charge on any atom is -0.369 e. The van der Waals surface area contributed by atoms with Gasteiger partial charge < -0.3 is 10.2 Å². The van der Waals surface area contributed by atoms with Gasteiger partial charge in [-0.1, -0.05) is 31.5 Å². The Morgan fingerprint density at radius 2 is 2.17 bits per heavy atom. The second-order valence-corrected chi connectivity index (χ2v) is 6.02. The van der Waals surface area contributed by atoms with Gasteiger partial charge in [0.25, 0.3) is 5.91 Å². The first kappa shape index (κ1) is 15.6. The number of fused-ring (bicyclic) bond motifs is 1. The van der Waals surface area contributed by atoms with Crippen LogP contribution in [-0.4, -0.2) is 35.3 Å². The van der Waals surface area contributed by atoms with Gasteiger partial charge in [0, 0.05) is 32.4 Å². The number of benzene rings is 1. The van der Waals surface area contributed by atoms with Gasteiger partial charge in [0.1, 0.15) is 5.69 Å². The molecule has 1 aliphatic heterocycles. The zero-order chi connectivity index (χ0) is 16.2. The summed E-state index contributed by atoms with van der Waals surface area (Å²) in [5.74, 6) is -0.0464. The molecule has 5 heteroatoms. The third-order valence-electron chi connectivity index (χ3n) is 4.32. The zero-order valence-corrected chi connectivity index (χ0v) is 13.9. The quantitative estimate of drug-likeness (QED) is 0.889. The van der Waals surface area contributed by atoms with E-state index in [2.05, 4.69) is 46.5 Å².